The van der Waals surface area contributed by atoms with Crippen molar-refractivity contribution in [3.8, 4) is 5.75 Å². The molecule has 5 nitrogen and oxygen atoms in total. The van der Waals surface area contributed by atoms with Gasteiger partial charge in [0.05, 0.1) is 15.8 Å². The Labute approximate surface area is 214 Å². The van der Waals surface area contributed by atoms with Crippen molar-refractivity contribution in [1.82, 2.24) is 4.90 Å². The number of nitrogens with zero attached hydrogens (tertiary/aromatic N) is 2. The van der Waals surface area contributed by atoms with Gasteiger partial charge in [-0.25, -0.2) is 0 Å². The van der Waals surface area contributed by atoms with E-state index in [2.05, 4.69) is 10.1 Å². The second-order valence-corrected chi connectivity index (χ2v) is 9.45. The van der Waals surface area contributed by atoms with Gasteiger partial charge in [0.2, 0.25) is 0 Å². The smallest absolute Gasteiger partial charge is 0.145 e. The van der Waals surface area contributed by atoms with Crippen molar-refractivity contribution in [2.45, 2.75) is 25.2 Å². The highest BCUT2D eigenvalue weighted by atomic mass is 35.5. The van der Waals surface area contributed by atoms with E-state index < -0.39 is 6.10 Å². The summed E-state index contributed by atoms with van der Waals surface area (Å²) >= 11 is 18.4. The lowest BCUT2D eigenvalue weighted by Gasteiger charge is -2.27. The molecule has 1 heterocycles. The van der Waals surface area contributed by atoms with Gasteiger partial charge in [-0.1, -0.05) is 76.4 Å². The summed E-state index contributed by atoms with van der Waals surface area (Å²) in [5.41, 5.74) is 2.75. The Morgan fingerprint density at radius 1 is 1.00 bits per heavy atom. The molecular formula is C26H25Cl3N2O3. The first-order valence-corrected chi connectivity index (χ1v) is 12.1. The molecule has 0 unspecified atom stereocenters. The van der Waals surface area contributed by atoms with Crippen LogP contribution in [0.2, 0.25) is 15.1 Å². The minimum Gasteiger partial charge on any atom is -0.491 e. The summed E-state index contributed by atoms with van der Waals surface area (Å²) < 4.78 is 5.73. The molecule has 0 saturated heterocycles. The van der Waals surface area contributed by atoms with Gasteiger partial charge in [0.25, 0.3) is 0 Å². The maximum absolute atomic E-state index is 10.7. The first kappa shape index (κ1) is 24.8. The zero-order chi connectivity index (χ0) is 23.9. The van der Waals surface area contributed by atoms with Crippen LogP contribution < -0.4 is 4.74 Å². The van der Waals surface area contributed by atoms with E-state index in [4.69, 9.17) is 44.4 Å². The highest BCUT2D eigenvalue weighted by Gasteiger charge is 2.26. The largest absolute Gasteiger partial charge is 0.491 e. The maximum Gasteiger partial charge on any atom is 0.145 e. The Bertz CT molecular complexity index is 1130. The topological polar surface area (TPSA) is 54.3 Å². The number of ether oxygens (including phenoxy) is 1. The molecule has 0 amide bonds. The highest BCUT2D eigenvalue weighted by molar-refractivity contribution is 6.42. The molecule has 3 aromatic rings. The van der Waals surface area contributed by atoms with Crippen LogP contribution in [-0.4, -0.2) is 47.6 Å². The zero-order valence-corrected chi connectivity index (χ0v) is 20.7. The number of hydrogen-bond acceptors (Lipinski definition) is 5. The van der Waals surface area contributed by atoms with Gasteiger partial charge in [-0.2, -0.15) is 0 Å². The molecule has 0 aromatic heterocycles. The third-order valence-electron chi connectivity index (χ3n) is 5.40. The molecule has 3 aromatic carbocycles. The number of aliphatic hydroxyl groups excluding tert-OH is 1. The number of rotatable bonds is 10. The monoisotopic (exact) mass is 518 g/mol. The van der Waals surface area contributed by atoms with Gasteiger partial charge in [-0.3, -0.25) is 4.90 Å². The van der Waals surface area contributed by atoms with Crippen LogP contribution in [0.25, 0.3) is 0 Å². The lowest BCUT2D eigenvalue weighted by atomic mass is 10.0. The van der Waals surface area contributed by atoms with Crippen molar-refractivity contribution in [2.24, 2.45) is 5.16 Å². The molecule has 0 aliphatic carbocycles. The van der Waals surface area contributed by atoms with Crippen LogP contribution in [0.3, 0.4) is 0 Å². The lowest BCUT2D eigenvalue weighted by Crippen LogP contribution is -2.39. The molecule has 8 heteroatoms. The number of para-hydroxylation sites is 1. The van der Waals surface area contributed by atoms with Crippen molar-refractivity contribution in [1.29, 1.82) is 0 Å². The maximum atomic E-state index is 10.7. The quantitative estimate of drug-likeness (QED) is 0.353. The third kappa shape index (κ3) is 7.11. The van der Waals surface area contributed by atoms with Gasteiger partial charge in [0.15, 0.2) is 0 Å². The number of benzene rings is 3. The van der Waals surface area contributed by atoms with E-state index in [1.54, 1.807) is 12.1 Å². The molecule has 4 rings (SSSR count). The second-order valence-electron chi connectivity index (χ2n) is 8.20. The van der Waals surface area contributed by atoms with Crippen LogP contribution in [0, 0.1) is 0 Å². The summed E-state index contributed by atoms with van der Waals surface area (Å²) in [7, 11) is 0. The highest BCUT2D eigenvalue weighted by Crippen LogP contribution is 2.26. The fraction of sp³-hybridized carbons (Fsp3) is 0.269. The van der Waals surface area contributed by atoms with Crippen LogP contribution in [0.1, 0.15) is 17.5 Å². The van der Waals surface area contributed by atoms with Crippen molar-refractivity contribution in [3.05, 3.63) is 99.0 Å². The van der Waals surface area contributed by atoms with E-state index >= 15 is 0 Å². The molecule has 0 spiro atoms. The molecule has 0 fully saturated rings. The summed E-state index contributed by atoms with van der Waals surface area (Å²) in [4.78, 5) is 7.85. The molecular weight excluding hydrogens is 495 g/mol. The fourth-order valence-electron chi connectivity index (χ4n) is 3.82. The summed E-state index contributed by atoms with van der Waals surface area (Å²) in [5.74, 6) is 0.724. The second kappa shape index (κ2) is 11.9. The van der Waals surface area contributed by atoms with Gasteiger partial charge in [0.1, 0.15) is 24.6 Å². The first-order valence-electron chi connectivity index (χ1n) is 11.0. The van der Waals surface area contributed by atoms with Crippen LogP contribution in [-0.2, 0) is 11.4 Å². The summed E-state index contributed by atoms with van der Waals surface area (Å²) in [6.07, 6.45) is -0.220. The Morgan fingerprint density at radius 3 is 2.59 bits per heavy atom. The lowest BCUT2D eigenvalue weighted by molar-refractivity contribution is 0.0213. The fourth-order valence-corrected chi connectivity index (χ4v) is 4.33. The van der Waals surface area contributed by atoms with Crippen molar-refractivity contribution < 1.29 is 14.7 Å². The van der Waals surface area contributed by atoms with Gasteiger partial charge in [-0.15, -0.1) is 0 Å². The zero-order valence-electron chi connectivity index (χ0n) is 18.4. The van der Waals surface area contributed by atoms with Crippen molar-refractivity contribution in [3.63, 3.8) is 0 Å². The van der Waals surface area contributed by atoms with Gasteiger partial charge in [0, 0.05) is 36.6 Å². The molecule has 0 radical (unpaired) electrons. The number of aliphatic hydroxyl groups is 1. The Balaban J connectivity index is 1.39. The predicted molar refractivity (Wildman–Crippen MR) is 137 cm³/mol. The minimum atomic E-state index is -0.684. The van der Waals surface area contributed by atoms with E-state index in [1.165, 1.54) is 0 Å². The van der Waals surface area contributed by atoms with Crippen LogP contribution in [0.5, 0.6) is 5.75 Å². The predicted octanol–water partition coefficient (Wildman–Crippen LogP) is 6.08. The molecule has 1 N–H and O–H groups in total. The van der Waals surface area contributed by atoms with Crippen LogP contribution in [0.15, 0.2) is 78.0 Å². The molecule has 0 bridgehead atoms. The summed E-state index contributed by atoms with van der Waals surface area (Å²) in [6.45, 7) is 1.77. The standard InChI is InChI=1S/C26H25Cl3N2O3/c27-20-6-4-5-18(11-20)14-31(15-21(32)17-33-22-7-2-1-3-8-22)16-23-13-26(30-34-23)19-9-10-24(28)25(29)12-19/h1-12,21,23,32H,13-17H2/t21-,23+/m0/s1. The van der Waals surface area contributed by atoms with E-state index in [9.17, 15) is 5.11 Å². The Morgan fingerprint density at radius 2 is 1.82 bits per heavy atom. The normalized spacial score (nSPS) is 16.3. The molecule has 178 valence electrons. The number of oxime groups is 1. The number of hydrogen-bond donors (Lipinski definition) is 1. The average molecular weight is 520 g/mol. The average Bonchev–Trinajstić information content (AvgIpc) is 3.28. The first-order chi connectivity index (χ1) is 16.5. The SMILES string of the molecule is O[C@H](COc1ccccc1)CN(Cc1cccc(Cl)c1)C[C@H]1CC(c2ccc(Cl)c(Cl)c2)=NO1. The summed E-state index contributed by atoms with van der Waals surface area (Å²) in [6, 6.07) is 22.6. The van der Waals surface area contributed by atoms with Gasteiger partial charge in [-0.05, 0) is 42.0 Å². The molecule has 0 saturated carbocycles. The molecule has 1 aliphatic heterocycles. The molecule has 34 heavy (non-hydrogen) atoms. The van der Waals surface area contributed by atoms with E-state index in [0.29, 0.717) is 41.1 Å². The van der Waals surface area contributed by atoms with E-state index in [-0.39, 0.29) is 12.7 Å². The van der Waals surface area contributed by atoms with E-state index in [1.807, 2.05) is 60.7 Å². The number of halogens is 3. The molecule has 1 aliphatic rings. The van der Waals surface area contributed by atoms with Gasteiger partial charge < -0.3 is 14.7 Å². The van der Waals surface area contributed by atoms with Crippen LogP contribution >= 0.6 is 34.8 Å². The van der Waals surface area contributed by atoms with Crippen molar-refractivity contribution >= 4 is 40.5 Å². The third-order valence-corrected chi connectivity index (χ3v) is 6.37. The van der Waals surface area contributed by atoms with Crippen molar-refractivity contribution in [2.75, 3.05) is 19.7 Å². The minimum absolute atomic E-state index is 0.161. The van der Waals surface area contributed by atoms with Gasteiger partial charge >= 0.3 is 0 Å². The Kier molecular flexibility index (Phi) is 8.70. The molecule has 2 atom stereocenters. The van der Waals surface area contributed by atoms with E-state index in [0.717, 1.165) is 22.6 Å². The van der Waals surface area contributed by atoms with Crippen LogP contribution in [0.4, 0.5) is 0 Å². The summed E-state index contributed by atoms with van der Waals surface area (Å²) in [5, 5.41) is 16.6. The Hall–Kier alpha value is -2.28.